The molecule has 2 aliphatic rings. The summed E-state index contributed by atoms with van der Waals surface area (Å²) in [6.07, 6.45) is 3.78. The van der Waals surface area contributed by atoms with Crippen molar-refractivity contribution in [1.82, 2.24) is 20.6 Å². The number of piperidine rings is 1. The predicted octanol–water partition coefficient (Wildman–Crippen LogP) is 1.78. The molecular weight excluding hydrogens is 368 g/mol. The van der Waals surface area contributed by atoms with Crippen molar-refractivity contribution in [2.75, 3.05) is 50.5 Å². The Morgan fingerprint density at radius 1 is 1.31 bits per heavy atom. The minimum absolute atomic E-state index is 0.00906. The van der Waals surface area contributed by atoms with Crippen molar-refractivity contribution in [3.63, 3.8) is 0 Å². The molecule has 1 amide bonds. The first kappa shape index (κ1) is 19.8. The maximum atomic E-state index is 12.6. The van der Waals surface area contributed by atoms with Crippen molar-refractivity contribution < 1.29 is 9.53 Å². The Hall–Kier alpha value is -2.55. The van der Waals surface area contributed by atoms with Gasteiger partial charge in [-0.3, -0.25) is 4.79 Å². The van der Waals surface area contributed by atoms with Crippen LogP contribution >= 0.6 is 0 Å². The summed E-state index contributed by atoms with van der Waals surface area (Å²) < 4.78 is 5.09. The maximum absolute atomic E-state index is 12.6. The molecule has 0 radical (unpaired) electrons. The molecule has 154 valence electrons. The van der Waals surface area contributed by atoms with Crippen molar-refractivity contribution in [2.45, 2.75) is 18.9 Å². The molecule has 0 spiro atoms. The number of nitrogens with zero attached hydrogens (tertiary/aromatic N) is 2. The highest BCUT2D eigenvalue weighted by Crippen LogP contribution is 2.33. The van der Waals surface area contributed by atoms with Crippen molar-refractivity contribution >= 4 is 17.5 Å². The number of methoxy groups -OCH3 is 1. The Morgan fingerprint density at radius 2 is 2.21 bits per heavy atom. The third-order valence-electron chi connectivity index (χ3n) is 5.27. The standard InChI is InChI=1S/C21H28N6O2/c1-29-9-8-23-19-6-2-5-17(26-19)15-10-20(25-12-16(15)18-13-24-18)27-21(28)14-4-3-7-22-11-14/h2,5-6,10,12,14,18,22,24H,3-4,7-9,11,13H2,1H3,(H,23,26)(H,25,27,28). The van der Waals surface area contributed by atoms with Crippen LogP contribution in [0, 0.1) is 5.92 Å². The van der Waals surface area contributed by atoms with Gasteiger partial charge in [-0.1, -0.05) is 6.07 Å². The fourth-order valence-electron chi connectivity index (χ4n) is 3.58. The van der Waals surface area contributed by atoms with E-state index in [9.17, 15) is 4.79 Å². The zero-order valence-electron chi connectivity index (χ0n) is 16.7. The van der Waals surface area contributed by atoms with E-state index in [2.05, 4.69) is 26.3 Å². The number of nitrogens with one attached hydrogen (secondary N) is 4. The number of aromatic nitrogens is 2. The Labute approximate surface area is 170 Å². The van der Waals surface area contributed by atoms with Gasteiger partial charge in [0, 0.05) is 44.5 Å². The van der Waals surface area contributed by atoms with E-state index < -0.39 is 0 Å². The second-order valence-corrected chi connectivity index (χ2v) is 7.48. The Morgan fingerprint density at radius 3 is 2.97 bits per heavy atom. The van der Waals surface area contributed by atoms with Gasteiger partial charge >= 0.3 is 0 Å². The van der Waals surface area contributed by atoms with E-state index >= 15 is 0 Å². The first-order valence-electron chi connectivity index (χ1n) is 10.2. The number of hydrogen-bond acceptors (Lipinski definition) is 7. The first-order valence-corrected chi connectivity index (χ1v) is 10.2. The van der Waals surface area contributed by atoms with E-state index in [4.69, 9.17) is 9.72 Å². The summed E-state index contributed by atoms with van der Waals surface area (Å²) in [6, 6.07) is 8.13. The molecule has 0 bridgehead atoms. The summed E-state index contributed by atoms with van der Waals surface area (Å²) >= 11 is 0. The molecule has 2 atom stereocenters. The minimum atomic E-state index is -0.00906. The third kappa shape index (κ3) is 5.09. The lowest BCUT2D eigenvalue weighted by Gasteiger charge is -2.22. The van der Waals surface area contributed by atoms with Crippen LogP contribution in [0.15, 0.2) is 30.5 Å². The molecule has 2 unspecified atom stereocenters. The zero-order chi connectivity index (χ0) is 20.1. The molecule has 8 nitrogen and oxygen atoms in total. The first-order chi connectivity index (χ1) is 14.2. The Kier molecular flexibility index (Phi) is 6.33. The van der Waals surface area contributed by atoms with E-state index in [1.165, 1.54) is 0 Å². The topological polar surface area (TPSA) is 110 Å². The lowest BCUT2D eigenvalue weighted by atomic mass is 9.98. The van der Waals surface area contributed by atoms with Gasteiger partial charge in [-0.05, 0) is 43.1 Å². The van der Waals surface area contributed by atoms with E-state index in [0.29, 0.717) is 19.0 Å². The molecule has 4 heterocycles. The molecule has 2 fully saturated rings. The van der Waals surface area contributed by atoms with Crippen LogP contribution in [0.1, 0.15) is 24.4 Å². The van der Waals surface area contributed by atoms with E-state index in [0.717, 1.165) is 55.1 Å². The van der Waals surface area contributed by atoms with Crippen molar-refractivity contribution in [3.8, 4) is 11.3 Å². The monoisotopic (exact) mass is 396 g/mol. The molecule has 0 aromatic carbocycles. The Bertz CT molecular complexity index is 849. The van der Waals surface area contributed by atoms with Crippen LogP contribution < -0.4 is 21.3 Å². The number of rotatable bonds is 8. The fourth-order valence-corrected chi connectivity index (χ4v) is 3.58. The second-order valence-electron chi connectivity index (χ2n) is 7.48. The normalized spacial score (nSPS) is 20.9. The largest absolute Gasteiger partial charge is 0.383 e. The molecule has 4 rings (SSSR count). The highest BCUT2D eigenvalue weighted by molar-refractivity contribution is 5.92. The molecule has 2 aliphatic heterocycles. The fraction of sp³-hybridized carbons (Fsp3) is 0.476. The van der Waals surface area contributed by atoms with Crippen LogP contribution in [0.3, 0.4) is 0 Å². The van der Waals surface area contributed by atoms with Crippen LogP contribution in [0.5, 0.6) is 0 Å². The van der Waals surface area contributed by atoms with Crippen LogP contribution in [-0.4, -0.2) is 55.8 Å². The van der Waals surface area contributed by atoms with Crippen molar-refractivity contribution in [1.29, 1.82) is 0 Å². The van der Waals surface area contributed by atoms with Crippen LogP contribution in [0.2, 0.25) is 0 Å². The van der Waals surface area contributed by atoms with E-state index in [-0.39, 0.29) is 17.9 Å². The van der Waals surface area contributed by atoms with Gasteiger partial charge in [0.15, 0.2) is 0 Å². The van der Waals surface area contributed by atoms with Gasteiger partial charge < -0.3 is 26.0 Å². The van der Waals surface area contributed by atoms with Gasteiger partial charge in [-0.25, -0.2) is 9.97 Å². The van der Waals surface area contributed by atoms with Gasteiger partial charge in [0.25, 0.3) is 0 Å². The second kappa shape index (κ2) is 9.30. The summed E-state index contributed by atoms with van der Waals surface area (Å²) in [5.41, 5.74) is 2.94. The Balaban J connectivity index is 1.56. The number of anilines is 2. The van der Waals surface area contributed by atoms with Gasteiger partial charge in [0.05, 0.1) is 18.2 Å². The molecule has 4 N–H and O–H groups in total. The van der Waals surface area contributed by atoms with Crippen molar-refractivity contribution in [3.05, 3.63) is 36.0 Å². The van der Waals surface area contributed by atoms with Gasteiger partial charge in [0.1, 0.15) is 11.6 Å². The number of hydrogen-bond donors (Lipinski definition) is 4. The number of ether oxygens (including phenoxy) is 1. The number of carbonyl (C=O) groups is 1. The predicted molar refractivity (Wildman–Crippen MR) is 113 cm³/mol. The summed E-state index contributed by atoms with van der Waals surface area (Å²) in [5.74, 6) is 1.38. The number of pyridine rings is 2. The van der Waals surface area contributed by atoms with E-state index in [1.54, 1.807) is 7.11 Å². The van der Waals surface area contributed by atoms with E-state index in [1.807, 2.05) is 30.5 Å². The lowest BCUT2D eigenvalue weighted by Crippen LogP contribution is -2.37. The molecule has 0 aliphatic carbocycles. The smallest absolute Gasteiger partial charge is 0.229 e. The summed E-state index contributed by atoms with van der Waals surface area (Å²) in [5, 5.41) is 12.9. The maximum Gasteiger partial charge on any atom is 0.229 e. The summed E-state index contributed by atoms with van der Waals surface area (Å²) in [6.45, 7) is 3.94. The van der Waals surface area contributed by atoms with Gasteiger partial charge in [-0.2, -0.15) is 0 Å². The quantitative estimate of drug-likeness (QED) is 0.398. The minimum Gasteiger partial charge on any atom is -0.383 e. The SMILES string of the molecule is COCCNc1cccc(-c2cc(NC(=O)C3CCCNC3)ncc2C2CN2)n1. The molecular formula is C21H28N6O2. The van der Waals surface area contributed by atoms with Crippen LogP contribution in [-0.2, 0) is 9.53 Å². The van der Waals surface area contributed by atoms with Gasteiger partial charge in [0.2, 0.25) is 5.91 Å². The van der Waals surface area contributed by atoms with Crippen LogP contribution in [0.25, 0.3) is 11.3 Å². The number of carbonyl (C=O) groups excluding carboxylic acids is 1. The highest BCUT2D eigenvalue weighted by atomic mass is 16.5. The van der Waals surface area contributed by atoms with Crippen molar-refractivity contribution in [2.24, 2.45) is 5.92 Å². The third-order valence-corrected chi connectivity index (χ3v) is 5.27. The lowest BCUT2D eigenvalue weighted by molar-refractivity contribution is -0.120. The molecule has 2 aromatic heterocycles. The highest BCUT2D eigenvalue weighted by Gasteiger charge is 2.27. The number of amides is 1. The molecule has 2 aromatic rings. The summed E-state index contributed by atoms with van der Waals surface area (Å²) in [4.78, 5) is 21.8. The van der Waals surface area contributed by atoms with Gasteiger partial charge in [-0.15, -0.1) is 0 Å². The summed E-state index contributed by atoms with van der Waals surface area (Å²) in [7, 11) is 1.68. The van der Waals surface area contributed by atoms with Crippen LogP contribution in [0.4, 0.5) is 11.6 Å². The zero-order valence-corrected chi connectivity index (χ0v) is 16.7. The molecule has 0 saturated carbocycles. The molecule has 29 heavy (non-hydrogen) atoms. The molecule has 8 heteroatoms. The average Bonchev–Trinajstić information content (AvgIpc) is 3.60. The average molecular weight is 396 g/mol. The molecule has 2 saturated heterocycles.